The van der Waals surface area contributed by atoms with Crippen LogP contribution in [0.2, 0.25) is 0 Å². The lowest BCUT2D eigenvalue weighted by Gasteiger charge is -2.25. The minimum absolute atomic E-state index is 0.0712. The summed E-state index contributed by atoms with van der Waals surface area (Å²) in [5.74, 6) is 0. The summed E-state index contributed by atoms with van der Waals surface area (Å²) in [6, 6.07) is 0. The summed E-state index contributed by atoms with van der Waals surface area (Å²) in [5.41, 5.74) is 0. The Morgan fingerprint density at radius 3 is 2.50 bits per heavy atom. The van der Waals surface area contributed by atoms with Gasteiger partial charge in [-0.3, -0.25) is 0 Å². The quantitative estimate of drug-likeness (QED) is 0.605. The molecule has 1 rings (SSSR count). The maximum absolute atomic E-state index is 5.68. The van der Waals surface area contributed by atoms with Gasteiger partial charge in [-0.2, -0.15) is 0 Å². The first-order valence-electron chi connectivity index (χ1n) is 4.91. The van der Waals surface area contributed by atoms with Crippen molar-refractivity contribution in [2.24, 2.45) is 0 Å². The standard InChI is InChI=1S/C10H19O2/c1-3-11-9(2)12-10-7-5-4-6-8-10/h3,9-10H,4-8H2,1-2H3. The minimum atomic E-state index is -0.0712. The molecule has 0 heterocycles. The molecule has 1 unspecified atom stereocenters. The van der Waals surface area contributed by atoms with Crippen molar-refractivity contribution in [2.75, 3.05) is 0 Å². The monoisotopic (exact) mass is 171 g/mol. The maximum atomic E-state index is 5.68. The van der Waals surface area contributed by atoms with Gasteiger partial charge >= 0.3 is 0 Å². The number of hydrogen-bond donors (Lipinski definition) is 0. The first-order valence-corrected chi connectivity index (χ1v) is 4.91. The maximum Gasteiger partial charge on any atom is 0.155 e. The van der Waals surface area contributed by atoms with E-state index in [2.05, 4.69) is 0 Å². The molecule has 0 aromatic heterocycles. The summed E-state index contributed by atoms with van der Waals surface area (Å²) in [4.78, 5) is 0. The van der Waals surface area contributed by atoms with Crippen molar-refractivity contribution in [2.45, 2.75) is 58.3 Å². The van der Waals surface area contributed by atoms with Crippen LogP contribution in [0.1, 0.15) is 46.0 Å². The molecule has 1 radical (unpaired) electrons. The zero-order valence-corrected chi connectivity index (χ0v) is 8.08. The average Bonchev–Trinajstić information content (AvgIpc) is 2.06. The summed E-state index contributed by atoms with van der Waals surface area (Å²) in [7, 11) is 0. The molecule has 2 nitrogen and oxygen atoms in total. The van der Waals surface area contributed by atoms with E-state index in [9.17, 15) is 0 Å². The smallest absolute Gasteiger partial charge is 0.155 e. The van der Waals surface area contributed by atoms with Crippen LogP contribution in [0.5, 0.6) is 0 Å². The van der Waals surface area contributed by atoms with Crippen LogP contribution in [0.15, 0.2) is 0 Å². The van der Waals surface area contributed by atoms with Gasteiger partial charge in [-0.25, -0.2) is 0 Å². The van der Waals surface area contributed by atoms with E-state index in [-0.39, 0.29) is 6.29 Å². The third-order valence-corrected chi connectivity index (χ3v) is 2.26. The van der Waals surface area contributed by atoms with E-state index >= 15 is 0 Å². The Hall–Kier alpha value is -0.0800. The van der Waals surface area contributed by atoms with Crippen LogP contribution in [-0.2, 0) is 9.47 Å². The van der Waals surface area contributed by atoms with Crippen molar-refractivity contribution >= 4 is 0 Å². The van der Waals surface area contributed by atoms with Crippen molar-refractivity contribution in [3.8, 4) is 0 Å². The fourth-order valence-corrected chi connectivity index (χ4v) is 1.70. The first kappa shape index (κ1) is 10.0. The third-order valence-electron chi connectivity index (χ3n) is 2.26. The van der Waals surface area contributed by atoms with E-state index in [0.717, 1.165) is 0 Å². The second kappa shape index (κ2) is 5.55. The Kier molecular flexibility index (Phi) is 4.62. The highest BCUT2D eigenvalue weighted by Gasteiger charge is 2.16. The summed E-state index contributed by atoms with van der Waals surface area (Å²) >= 11 is 0. The van der Waals surface area contributed by atoms with Gasteiger partial charge in [0.05, 0.1) is 12.7 Å². The SMILES string of the molecule is C[CH]OC(C)OC1CCCCC1. The van der Waals surface area contributed by atoms with Crippen LogP contribution >= 0.6 is 0 Å². The summed E-state index contributed by atoms with van der Waals surface area (Å²) in [5, 5.41) is 0. The average molecular weight is 171 g/mol. The van der Waals surface area contributed by atoms with E-state index in [1.54, 1.807) is 6.61 Å². The second-order valence-electron chi connectivity index (χ2n) is 3.34. The Balaban J connectivity index is 2.11. The van der Waals surface area contributed by atoms with Gasteiger partial charge in [-0.1, -0.05) is 19.3 Å². The fraction of sp³-hybridized carbons (Fsp3) is 0.900. The van der Waals surface area contributed by atoms with Gasteiger partial charge in [-0.05, 0) is 26.7 Å². The van der Waals surface area contributed by atoms with Crippen LogP contribution in [0, 0.1) is 6.61 Å². The zero-order valence-electron chi connectivity index (χ0n) is 8.08. The lowest BCUT2D eigenvalue weighted by molar-refractivity contribution is -0.147. The fourth-order valence-electron chi connectivity index (χ4n) is 1.70. The van der Waals surface area contributed by atoms with Crippen LogP contribution in [0.25, 0.3) is 0 Å². The van der Waals surface area contributed by atoms with Gasteiger partial charge in [0.2, 0.25) is 0 Å². The molecule has 0 saturated heterocycles. The van der Waals surface area contributed by atoms with Gasteiger partial charge < -0.3 is 9.47 Å². The molecular formula is C10H19O2. The zero-order chi connectivity index (χ0) is 8.81. The molecule has 1 aliphatic carbocycles. The van der Waals surface area contributed by atoms with Crippen molar-refractivity contribution in [1.82, 2.24) is 0 Å². The second-order valence-corrected chi connectivity index (χ2v) is 3.34. The van der Waals surface area contributed by atoms with E-state index in [0.29, 0.717) is 6.10 Å². The number of hydrogen-bond acceptors (Lipinski definition) is 2. The Bertz CT molecular complexity index is 108. The number of rotatable bonds is 4. The minimum Gasteiger partial charge on any atom is -0.350 e. The molecule has 1 saturated carbocycles. The predicted molar refractivity (Wildman–Crippen MR) is 48.5 cm³/mol. The van der Waals surface area contributed by atoms with Gasteiger partial charge in [0.1, 0.15) is 0 Å². The summed E-state index contributed by atoms with van der Waals surface area (Å²) < 4.78 is 10.9. The molecule has 71 valence electrons. The lowest BCUT2D eigenvalue weighted by Crippen LogP contribution is -2.23. The molecule has 1 atom stereocenters. The first-order chi connectivity index (χ1) is 5.83. The molecule has 12 heavy (non-hydrogen) atoms. The van der Waals surface area contributed by atoms with Crippen LogP contribution in [-0.4, -0.2) is 12.4 Å². The predicted octanol–water partition coefficient (Wildman–Crippen LogP) is 2.88. The Morgan fingerprint density at radius 2 is 1.92 bits per heavy atom. The van der Waals surface area contributed by atoms with E-state index in [1.165, 1.54) is 32.1 Å². The molecule has 1 aliphatic rings. The van der Waals surface area contributed by atoms with Crippen LogP contribution in [0.3, 0.4) is 0 Å². The van der Waals surface area contributed by atoms with Crippen molar-refractivity contribution in [1.29, 1.82) is 0 Å². The van der Waals surface area contributed by atoms with E-state index in [4.69, 9.17) is 9.47 Å². The van der Waals surface area contributed by atoms with Gasteiger partial charge in [0, 0.05) is 0 Å². The summed E-state index contributed by atoms with van der Waals surface area (Å²) in [6.45, 7) is 5.52. The van der Waals surface area contributed by atoms with Crippen LogP contribution < -0.4 is 0 Å². The molecule has 0 spiro atoms. The molecule has 0 aromatic rings. The van der Waals surface area contributed by atoms with Gasteiger partial charge in [0.15, 0.2) is 6.29 Å². The van der Waals surface area contributed by atoms with Gasteiger partial charge in [-0.15, -0.1) is 0 Å². The molecule has 0 amide bonds. The Morgan fingerprint density at radius 1 is 1.25 bits per heavy atom. The molecule has 1 fully saturated rings. The third kappa shape index (κ3) is 3.55. The van der Waals surface area contributed by atoms with E-state index in [1.807, 2.05) is 13.8 Å². The van der Waals surface area contributed by atoms with Gasteiger partial charge in [0.25, 0.3) is 0 Å². The Labute approximate surface area is 75.2 Å². The summed E-state index contributed by atoms with van der Waals surface area (Å²) in [6.07, 6.45) is 6.77. The molecule has 0 aromatic carbocycles. The highest BCUT2D eigenvalue weighted by atomic mass is 16.7. The van der Waals surface area contributed by atoms with Crippen LogP contribution in [0.4, 0.5) is 0 Å². The molecule has 0 aliphatic heterocycles. The molecule has 0 bridgehead atoms. The molecular weight excluding hydrogens is 152 g/mol. The van der Waals surface area contributed by atoms with Crippen molar-refractivity contribution in [3.05, 3.63) is 6.61 Å². The lowest BCUT2D eigenvalue weighted by atomic mass is 9.98. The topological polar surface area (TPSA) is 18.5 Å². The molecule has 0 N–H and O–H groups in total. The van der Waals surface area contributed by atoms with Crippen molar-refractivity contribution in [3.63, 3.8) is 0 Å². The van der Waals surface area contributed by atoms with Crippen molar-refractivity contribution < 1.29 is 9.47 Å². The van der Waals surface area contributed by atoms with E-state index < -0.39 is 0 Å². The highest BCUT2D eigenvalue weighted by molar-refractivity contribution is 4.65. The largest absolute Gasteiger partial charge is 0.350 e. The normalized spacial score (nSPS) is 22.5. The molecule has 2 heteroatoms. The highest BCUT2D eigenvalue weighted by Crippen LogP contribution is 2.21. The number of ether oxygens (including phenoxy) is 2.